The Morgan fingerprint density at radius 1 is 1.43 bits per heavy atom. The van der Waals surface area contributed by atoms with Crippen LogP contribution in [0.1, 0.15) is 33.6 Å². The lowest BCUT2D eigenvalue weighted by molar-refractivity contribution is 0.0516. The Morgan fingerprint density at radius 2 is 2.14 bits per heavy atom. The number of aliphatic hydroxyl groups is 1. The summed E-state index contributed by atoms with van der Waals surface area (Å²) < 4.78 is 5.66. The third-order valence-electron chi connectivity index (χ3n) is 2.81. The number of nitrogens with one attached hydrogen (secondary N) is 1. The Hall–Kier alpha value is -0.120. The zero-order chi connectivity index (χ0) is 10.6. The van der Waals surface area contributed by atoms with Crippen molar-refractivity contribution in [2.45, 2.75) is 51.9 Å². The summed E-state index contributed by atoms with van der Waals surface area (Å²) >= 11 is 0. The molecule has 1 aliphatic rings. The minimum atomic E-state index is -0.242. The van der Waals surface area contributed by atoms with Crippen molar-refractivity contribution in [1.29, 1.82) is 0 Å². The van der Waals surface area contributed by atoms with Gasteiger partial charge >= 0.3 is 0 Å². The fourth-order valence-corrected chi connectivity index (χ4v) is 1.66. The molecule has 1 heterocycles. The van der Waals surface area contributed by atoms with E-state index in [1.54, 1.807) is 0 Å². The third-order valence-corrected chi connectivity index (χ3v) is 2.81. The van der Waals surface area contributed by atoms with Crippen LogP contribution < -0.4 is 5.32 Å². The molecule has 2 N–H and O–H groups in total. The van der Waals surface area contributed by atoms with E-state index >= 15 is 0 Å². The Kier molecular flexibility index (Phi) is 4.85. The Bertz CT molecular complexity index is 161. The molecule has 0 spiro atoms. The van der Waals surface area contributed by atoms with Gasteiger partial charge in [0.25, 0.3) is 0 Å². The molecule has 0 radical (unpaired) electrons. The molecule has 3 atom stereocenters. The number of ether oxygens (including phenoxy) is 1. The van der Waals surface area contributed by atoms with Crippen molar-refractivity contribution >= 4 is 0 Å². The van der Waals surface area contributed by atoms with E-state index in [1.807, 2.05) is 13.8 Å². The SMILES string of the molecule is CC1CCC(CNCC(O)C(C)C)O1. The second-order valence-electron chi connectivity index (χ2n) is 4.62. The summed E-state index contributed by atoms with van der Waals surface area (Å²) in [6, 6.07) is 0. The molecule has 0 aromatic rings. The standard InChI is InChI=1S/C11H23NO2/c1-8(2)11(13)7-12-6-10-5-4-9(3)14-10/h8-13H,4-7H2,1-3H3. The average Bonchev–Trinajstić information content (AvgIpc) is 2.51. The van der Waals surface area contributed by atoms with E-state index in [4.69, 9.17) is 4.74 Å². The van der Waals surface area contributed by atoms with Gasteiger partial charge in [-0.2, -0.15) is 0 Å². The maximum atomic E-state index is 9.55. The van der Waals surface area contributed by atoms with Crippen LogP contribution in [-0.2, 0) is 4.74 Å². The van der Waals surface area contributed by atoms with Crippen molar-refractivity contribution in [3.8, 4) is 0 Å². The average molecular weight is 201 g/mol. The molecule has 1 aliphatic heterocycles. The van der Waals surface area contributed by atoms with Gasteiger partial charge in [0.2, 0.25) is 0 Å². The fourth-order valence-electron chi connectivity index (χ4n) is 1.66. The van der Waals surface area contributed by atoms with Gasteiger partial charge in [0, 0.05) is 13.1 Å². The summed E-state index contributed by atoms with van der Waals surface area (Å²) in [5.74, 6) is 0.325. The summed E-state index contributed by atoms with van der Waals surface area (Å²) in [5.41, 5.74) is 0. The highest BCUT2D eigenvalue weighted by Crippen LogP contribution is 2.18. The first-order chi connectivity index (χ1) is 6.59. The molecular formula is C11H23NO2. The second kappa shape index (κ2) is 5.69. The maximum Gasteiger partial charge on any atom is 0.0704 e. The summed E-state index contributed by atoms with van der Waals surface area (Å²) in [6.07, 6.45) is 2.83. The number of rotatable bonds is 5. The van der Waals surface area contributed by atoms with E-state index in [0.717, 1.165) is 13.0 Å². The van der Waals surface area contributed by atoms with Gasteiger partial charge in [0.15, 0.2) is 0 Å². The smallest absolute Gasteiger partial charge is 0.0704 e. The Balaban J connectivity index is 2.04. The molecule has 1 rings (SSSR count). The predicted octanol–water partition coefficient (Wildman–Crippen LogP) is 1.16. The van der Waals surface area contributed by atoms with Crippen molar-refractivity contribution in [1.82, 2.24) is 5.32 Å². The van der Waals surface area contributed by atoms with Crippen LogP contribution in [0.4, 0.5) is 0 Å². The number of aliphatic hydroxyl groups excluding tert-OH is 1. The molecular weight excluding hydrogens is 178 g/mol. The first kappa shape index (κ1) is 12.0. The largest absolute Gasteiger partial charge is 0.392 e. The first-order valence-electron chi connectivity index (χ1n) is 5.64. The van der Waals surface area contributed by atoms with Gasteiger partial charge in [-0.15, -0.1) is 0 Å². The molecule has 0 amide bonds. The summed E-state index contributed by atoms with van der Waals surface area (Å²) in [5, 5.41) is 12.8. The van der Waals surface area contributed by atoms with Gasteiger partial charge in [0.05, 0.1) is 18.3 Å². The minimum absolute atomic E-state index is 0.242. The lowest BCUT2D eigenvalue weighted by Gasteiger charge is -2.17. The van der Waals surface area contributed by atoms with Crippen molar-refractivity contribution < 1.29 is 9.84 Å². The predicted molar refractivity (Wildman–Crippen MR) is 57.3 cm³/mol. The van der Waals surface area contributed by atoms with Crippen LogP contribution in [0.2, 0.25) is 0 Å². The zero-order valence-electron chi connectivity index (χ0n) is 9.49. The van der Waals surface area contributed by atoms with E-state index < -0.39 is 0 Å². The molecule has 3 heteroatoms. The minimum Gasteiger partial charge on any atom is -0.392 e. The molecule has 1 fully saturated rings. The van der Waals surface area contributed by atoms with Gasteiger partial charge in [-0.25, -0.2) is 0 Å². The van der Waals surface area contributed by atoms with Crippen LogP contribution in [0.25, 0.3) is 0 Å². The topological polar surface area (TPSA) is 41.5 Å². The van der Waals surface area contributed by atoms with Crippen LogP contribution in [-0.4, -0.2) is 36.5 Å². The maximum absolute atomic E-state index is 9.55. The molecule has 14 heavy (non-hydrogen) atoms. The molecule has 0 saturated carbocycles. The van der Waals surface area contributed by atoms with Crippen LogP contribution in [0, 0.1) is 5.92 Å². The highest BCUT2D eigenvalue weighted by atomic mass is 16.5. The van der Waals surface area contributed by atoms with Crippen LogP contribution in [0.5, 0.6) is 0 Å². The van der Waals surface area contributed by atoms with Gasteiger partial charge in [-0.3, -0.25) is 0 Å². The third kappa shape index (κ3) is 3.95. The van der Waals surface area contributed by atoms with E-state index in [-0.39, 0.29) is 6.10 Å². The molecule has 84 valence electrons. The second-order valence-corrected chi connectivity index (χ2v) is 4.62. The molecule has 3 nitrogen and oxygen atoms in total. The lowest BCUT2D eigenvalue weighted by Crippen LogP contribution is -2.35. The molecule has 0 aromatic carbocycles. The molecule has 3 unspecified atom stereocenters. The highest BCUT2D eigenvalue weighted by molar-refractivity contribution is 4.73. The van der Waals surface area contributed by atoms with E-state index in [1.165, 1.54) is 6.42 Å². The molecule has 1 saturated heterocycles. The van der Waals surface area contributed by atoms with Gasteiger partial charge in [-0.1, -0.05) is 13.8 Å². The Morgan fingerprint density at radius 3 is 2.64 bits per heavy atom. The van der Waals surface area contributed by atoms with Crippen LogP contribution in [0.15, 0.2) is 0 Å². The van der Waals surface area contributed by atoms with Gasteiger partial charge in [0.1, 0.15) is 0 Å². The van der Waals surface area contributed by atoms with E-state index in [0.29, 0.717) is 24.7 Å². The van der Waals surface area contributed by atoms with Crippen LogP contribution in [0.3, 0.4) is 0 Å². The van der Waals surface area contributed by atoms with Crippen molar-refractivity contribution in [2.24, 2.45) is 5.92 Å². The molecule has 0 aliphatic carbocycles. The summed E-state index contributed by atoms with van der Waals surface area (Å²) in [4.78, 5) is 0. The van der Waals surface area contributed by atoms with Gasteiger partial charge in [-0.05, 0) is 25.7 Å². The fraction of sp³-hybridized carbons (Fsp3) is 1.00. The first-order valence-corrected chi connectivity index (χ1v) is 5.64. The summed E-state index contributed by atoms with van der Waals surface area (Å²) in [7, 11) is 0. The highest BCUT2D eigenvalue weighted by Gasteiger charge is 2.21. The molecule has 0 bridgehead atoms. The lowest BCUT2D eigenvalue weighted by atomic mass is 10.1. The molecule has 0 aromatic heterocycles. The van der Waals surface area contributed by atoms with Crippen molar-refractivity contribution in [2.75, 3.05) is 13.1 Å². The summed E-state index contributed by atoms with van der Waals surface area (Å²) in [6.45, 7) is 7.71. The van der Waals surface area contributed by atoms with Crippen LogP contribution >= 0.6 is 0 Å². The van der Waals surface area contributed by atoms with Crippen molar-refractivity contribution in [3.63, 3.8) is 0 Å². The van der Waals surface area contributed by atoms with E-state index in [2.05, 4.69) is 12.2 Å². The van der Waals surface area contributed by atoms with E-state index in [9.17, 15) is 5.11 Å². The van der Waals surface area contributed by atoms with Crippen molar-refractivity contribution in [3.05, 3.63) is 0 Å². The number of hydrogen-bond donors (Lipinski definition) is 2. The Labute approximate surface area is 86.8 Å². The van der Waals surface area contributed by atoms with Gasteiger partial charge < -0.3 is 15.2 Å². The quantitative estimate of drug-likeness (QED) is 0.701. The normalized spacial score (nSPS) is 29.8. The number of hydrogen-bond acceptors (Lipinski definition) is 3. The monoisotopic (exact) mass is 201 g/mol. The zero-order valence-corrected chi connectivity index (χ0v) is 9.49.